The van der Waals surface area contributed by atoms with Gasteiger partial charge in [0.05, 0.1) is 9.62 Å². The lowest BCUT2D eigenvalue weighted by molar-refractivity contribution is 0.543. The van der Waals surface area contributed by atoms with E-state index in [0.29, 0.717) is 18.5 Å². The average Bonchev–Trinajstić information content (AvgIpc) is 2.70. The molecule has 0 aromatic carbocycles. The summed E-state index contributed by atoms with van der Waals surface area (Å²) >= 11 is 2.16. The smallest absolute Gasteiger partial charge is 0.129 e. The molecule has 1 aliphatic carbocycles. The van der Waals surface area contributed by atoms with Gasteiger partial charge < -0.3 is 22.1 Å². The van der Waals surface area contributed by atoms with E-state index in [-0.39, 0.29) is 4.05 Å². The molecule has 1 atom stereocenters. The van der Waals surface area contributed by atoms with E-state index in [0.717, 1.165) is 11.4 Å². The second-order valence-corrected chi connectivity index (χ2v) is 5.54. The molecule has 0 amide bonds. The van der Waals surface area contributed by atoms with Crippen molar-refractivity contribution in [2.24, 2.45) is 16.5 Å². The Morgan fingerprint density at radius 1 is 1.44 bits per heavy atom. The quantitative estimate of drug-likeness (QED) is 0.341. The van der Waals surface area contributed by atoms with Gasteiger partial charge in [-0.1, -0.05) is 35.4 Å². The van der Waals surface area contributed by atoms with Gasteiger partial charge in [-0.05, 0) is 12.8 Å². The summed E-state index contributed by atoms with van der Waals surface area (Å²) in [6.07, 6.45) is 5.07. The van der Waals surface area contributed by atoms with Gasteiger partial charge in [0.2, 0.25) is 0 Å². The Labute approximate surface area is 109 Å². The molecule has 90 valence electrons. The van der Waals surface area contributed by atoms with Gasteiger partial charge in [0, 0.05) is 6.04 Å². The number of nitrogens with zero attached hydrogens (tertiary/aromatic N) is 1. The minimum absolute atomic E-state index is 0.127. The van der Waals surface area contributed by atoms with Gasteiger partial charge in [0.25, 0.3) is 0 Å². The number of amidine groups is 1. The van der Waals surface area contributed by atoms with Gasteiger partial charge in [-0.25, -0.2) is 4.99 Å². The molecule has 6 N–H and O–H groups in total. The van der Waals surface area contributed by atoms with Gasteiger partial charge in [0.1, 0.15) is 18.3 Å². The molecular weight excluding hydrogens is 317 g/mol. The van der Waals surface area contributed by atoms with Crippen molar-refractivity contribution in [3.63, 3.8) is 0 Å². The summed E-state index contributed by atoms with van der Waals surface area (Å²) in [5, 5.41) is 6.73. The standard InChI is InChI=1S/C10H18IN5/c11-8(12)7-9(13)14-5-15-10(7)16-6-3-1-2-4-6/h6,8,15-16H,1-5,12H2,(H2,13,14). The Hall–Kier alpha value is -0.500. The van der Waals surface area contributed by atoms with E-state index < -0.39 is 0 Å². The summed E-state index contributed by atoms with van der Waals surface area (Å²) in [7, 11) is 0. The zero-order valence-electron chi connectivity index (χ0n) is 9.17. The fraction of sp³-hybridized carbons (Fsp3) is 0.700. The lowest BCUT2D eigenvalue weighted by atomic mass is 10.2. The Bertz CT molecular complexity index is 317. The van der Waals surface area contributed by atoms with E-state index >= 15 is 0 Å². The second kappa shape index (κ2) is 5.22. The van der Waals surface area contributed by atoms with Crippen molar-refractivity contribution >= 4 is 28.4 Å². The third-order valence-electron chi connectivity index (χ3n) is 3.03. The average molecular weight is 335 g/mol. The molecule has 0 aromatic rings. The van der Waals surface area contributed by atoms with Crippen molar-refractivity contribution in [3.05, 3.63) is 11.4 Å². The van der Waals surface area contributed by atoms with E-state index in [1.54, 1.807) is 0 Å². The Morgan fingerprint density at radius 3 is 2.75 bits per heavy atom. The van der Waals surface area contributed by atoms with Crippen LogP contribution in [0.25, 0.3) is 0 Å². The van der Waals surface area contributed by atoms with E-state index in [1.165, 1.54) is 25.7 Å². The molecule has 16 heavy (non-hydrogen) atoms. The number of halogens is 1. The van der Waals surface area contributed by atoms with Crippen molar-refractivity contribution in [2.75, 3.05) is 6.67 Å². The molecule has 0 bridgehead atoms. The van der Waals surface area contributed by atoms with Crippen LogP contribution in [0, 0.1) is 0 Å². The fourth-order valence-electron chi connectivity index (χ4n) is 2.19. The van der Waals surface area contributed by atoms with E-state index in [4.69, 9.17) is 11.5 Å². The number of aliphatic imine (C=N–C) groups is 1. The van der Waals surface area contributed by atoms with Crippen molar-refractivity contribution in [2.45, 2.75) is 35.8 Å². The van der Waals surface area contributed by atoms with Crippen LogP contribution in [0.15, 0.2) is 16.4 Å². The highest BCUT2D eigenvalue weighted by molar-refractivity contribution is 14.1. The van der Waals surface area contributed by atoms with Gasteiger partial charge in [-0.15, -0.1) is 0 Å². The SMILES string of the molecule is NC1=NCNC(NC2CCCC2)=C1C(N)I. The maximum Gasteiger partial charge on any atom is 0.129 e. The Balaban J connectivity index is 2.13. The zero-order chi connectivity index (χ0) is 11.5. The molecule has 0 saturated heterocycles. The molecule has 5 nitrogen and oxygen atoms in total. The molecular formula is C10H18IN5. The summed E-state index contributed by atoms with van der Waals surface area (Å²) in [5.41, 5.74) is 12.7. The number of hydrogen-bond donors (Lipinski definition) is 4. The van der Waals surface area contributed by atoms with Crippen LogP contribution in [-0.2, 0) is 0 Å². The lowest BCUT2D eigenvalue weighted by Gasteiger charge is -2.25. The molecule has 1 saturated carbocycles. The lowest BCUT2D eigenvalue weighted by Crippen LogP contribution is -2.43. The van der Waals surface area contributed by atoms with Gasteiger partial charge in [-0.3, -0.25) is 0 Å². The van der Waals surface area contributed by atoms with E-state index in [2.05, 4.69) is 38.2 Å². The first-order chi connectivity index (χ1) is 7.68. The van der Waals surface area contributed by atoms with Crippen molar-refractivity contribution < 1.29 is 0 Å². The summed E-state index contributed by atoms with van der Waals surface area (Å²) in [6, 6.07) is 0.554. The van der Waals surface area contributed by atoms with Crippen LogP contribution in [0.5, 0.6) is 0 Å². The van der Waals surface area contributed by atoms with Crippen LogP contribution < -0.4 is 22.1 Å². The van der Waals surface area contributed by atoms with Gasteiger partial charge >= 0.3 is 0 Å². The summed E-state index contributed by atoms with van der Waals surface area (Å²) < 4.78 is -0.127. The Kier molecular flexibility index (Phi) is 3.91. The van der Waals surface area contributed by atoms with Crippen molar-refractivity contribution in [3.8, 4) is 0 Å². The fourth-order valence-corrected chi connectivity index (χ4v) is 2.82. The molecule has 0 radical (unpaired) electrons. The van der Waals surface area contributed by atoms with Crippen LogP contribution in [-0.4, -0.2) is 22.6 Å². The summed E-state index contributed by atoms with van der Waals surface area (Å²) in [6.45, 7) is 0.535. The minimum atomic E-state index is -0.127. The molecule has 2 aliphatic rings. The first-order valence-corrected chi connectivity index (χ1v) is 6.87. The zero-order valence-corrected chi connectivity index (χ0v) is 11.3. The summed E-state index contributed by atoms with van der Waals surface area (Å²) in [5.74, 6) is 1.53. The number of hydrogen-bond acceptors (Lipinski definition) is 5. The van der Waals surface area contributed by atoms with Gasteiger partial charge in [-0.2, -0.15) is 0 Å². The maximum absolute atomic E-state index is 5.91. The van der Waals surface area contributed by atoms with Crippen LogP contribution in [0.2, 0.25) is 0 Å². The topological polar surface area (TPSA) is 88.5 Å². The van der Waals surface area contributed by atoms with Crippen LogP contribution >= 0.6 is 22.6 Å². The predicted octanol–water partition coefficient (Wildman–Crippen LogP) is 0.368. The molecule has 1 fully saturated rings. The minimum Gasteiger partial charge on any atom is -0.384 e. The Morgan fingerprint density at radius 2 is 2.12 bits per heavy atom. The second-order valence-electron chi connectivity index (χ2n) is 4.19. The predicted molar refractivity (Wildman–Crippen MR) is 74.0 cm³/mol. The third kappa shape index (κ3) is 2.60. The summed E-state index contributed by atoms with van der Waals surface area (Å²) in [4.78, 5) is 4.16. The van der Waals surface area contributed by atoms with Crippen LogP contribution in [0.1, 0.15) is 25.7 Å². The van der Waals surface area contributed by atoms with Gasteiger partial charge in [0.15, 0.2) is 0 Å². The van der Waals surface area contributed by atoms with Crippen molar-refractivity contribution in [1.29, 1.82) is 0 Å². The molecule has 0 spiro atoms. The number of nitrogens with two attached hydrogens (primary N) is 2. The molecule has 2 rings (SSSR count). The highest BCUT2D eigenvalue weighted by Gasteiger charge is 2.23. The van der Waals surface area contributed by atoms with E-state index in [1.807, 2.05) is 0 Å². The highest BCUT2D eigenvalue weighted by atomic mass is 127. The molecule has 6 heteroatoms. The molecule has 1 aliphatic heterocycles. The van der Waals surface area contributed by atoms with Crippen molar-refractivity contribution in [1.82, 2.24) is 10.6 Å². The monoisotopic (exact) mass is 335 g/mol. The highest BCUT2D eigenvalue weighted by Crippen LogP contribution is 2.20. The number of rotatable bonds is 3. The van der Waals surface area contributed by atoms with E-state index in [9.17, 15) is 0 Å². The number of alkyl halides is 1. The normalized spacial score (nSPS) is 24.0. The molecule has 1 heterocycles. The third-order valence-corrected chi connectivity index (χ3v) is 3.65. The van der Waals surface area contributed by atoms with Crippen LogP contribution in [0.3, 0.4) is 0 Å². The first-order valence-electron chi connectivity index (χ1n) is 5.63. The van der Waals surface area contributed by atoms with Crippen LogP contribution in [0.4, 0.5) is 0 Å². The number of nitrogens with one attached hydrogen (secondary N) is 2. The first kappa shape index (κ1) is 12.0. The maximum atomic E-state index is 5.91. The molecule has 0 aromatic heterocycles. The molecule has 1 unspecified atom stereocenters. The largest absolute Gasteiger partial charge is 0.384 e.